The van der Waals surface area contributed by atoms with E-state index in [4.69, 9.17) is 5.11 Å². The lowest BCUT2D eigenvalue weighted by atomic mass is 9.83. The molecule has 0 heterocycles. The second-order valence-corrected chi connectivity index (χ2v) is 6.00. The number of hydrogen-bond acceptors (Lipinski definition) is 2. The van der Waals surface area contributed by atoms with E-state index in [0.29, 0.717) is 12.2 Å². The second kappa shape index (κ2) is 6.09. The Balaban J connectivity index is 3.03. The van der Waals surface area contributed by atoms with Crippen LogP contribution in [0.15, 0.2) is 12.1 Å². The Labute approximate surface area is 115 Å². The monoisotopic (exact) mass is 264 g/mol. The van der Waals surface area contributed by atoms with Crippen LogP contribution >= 0.6 is 0 Å². The molecule has 2 N–H and O–H groups in total. The lowest BCUT2D eigenvalue weighted by Crippen LogP contribution is -2.13. The number of phenols is 1. The first-order valence-corrected chi connectivity index (χ1v) is 6.82. The van der Waals surface area contributed by atoms with Gasteiger partial charge in [-0.05, 0) is 41.4 Å². The Kier molecular flexibility index (Phi) is 4.98. The SMILES string of the molecule is CCc1cc(CCCC(=O)O)cc(C(C)(C)C)c1O. The van der Waals surface area contributed by atoms with Crippen molar-refractivity contribution in [2.45, 2.75) is 58.8 Å². The van der Waals surface area contributed by atoms with Crippen molar-refractivity contribution in [2.75, 3.05) is 0 Å². The van der Waals surface area contributed by atoms with Gasteiger partial charge in [0.2, 0.25) is 0 Å². The zero-order chi connectivity index (χ0) is 14.6. The molecule has 0 aromatic heterocycles. The summed E-state index contributed by atoms with van der Waals surface area (Å²) in [6, 6.07) is 4.00. The maximum Gasteiger partial charge on any atom is 0.303 e. The molecule has 0 unspecified atom stereocenters. The van der Waals surface area contributed by atoms with Gasteiger partial charge in [-0.1, -0.05) is 39.8 Å². The molecule has 0 atom stereocenters. The maximum atomic E-state index is 10.6. The van der Waals surface area contributed by atoms with E-state index in [0.717, 1.165) is 29.5 Å². The summed E-state index contributed by atoms with van der Waals surface area (Å²) in [4.78, 5) is 10.6. The molecule has 19 heavy (non-hydrogen) atoms. The van der Waals surface area contributed by atoms with Gasteiger partial charge in [-0.2, -0.15) is 0 Å². The molecule has 3 nitrogen and oxygen atoms in total. The smallest absolute Gasteiger partial charge is 0.303 e. The van der Waals surface area contributed by atoms with Crippen LogP contribution in [0.2, 0.25) is 0 Å². The fourth-order valence-electron chi connectivity index (χ4n) is 2.19. The summed E-state index contributed by atoms with van der Waals surface area (Å²) in [6.07, 6.45) is 2.34. The summed E-state index contributed by atoms with van der Waals surface area (Å²) in [5, 5.41) is 18.9. The van der Waals surface area contributed by atoms with Crippen molar-refractivity contribution in [3.05, 3.63) is 28.8 Å². The first kappa shape index (κ1) is 15.5. The topological polar surface area (TPSA) is 57.5 Å². The number of benzene rings is 1. The summed E-state index contributed by atoms with van der Waals surface area (Å²) < 4.78 is 0. The van der Waals surface area contributed by atoms with Crippen molar-refractivity contribution in [3.8, 4) is 5.75 Å². The fourth-order valence-corrected chi connectivity index (χ4v) is 2.19. The molecular formula is C16H24O3. The molecule has 0 spiro atoms. The zero-order valence-corrected chi connectivity index (χ0v) is 12.3. The highest BCUT2D eigenvalue weighted by Gasteiger charge is 2.20. The highest BCUT2D eigenvalue weighted by atomic mass is 16.4. The highest BCUT2D eigenvalue weighted by molar-refractivity contribution is 5.66. The predicted octanol–water partition coefficient (Wildman–Crippen LogP) is 3.66. The van der Waals surface area contributed by atoms with Gasteiger partial charge in [-0.25, -0.2) is 0 Å². The predicted molar refractivity (Wildman–Crippen MR) is 76.8 cm³/mol. The number of phenolic OH excluding ortho intramolecular Hbond substituents is 1. The third-order valence-electron chi connectivity index (χ3n) is 3.29. The van der Waals surface area contributed by atoms with E-state index >= 15 is 0 Å². The van der Waals surface area contributed by atoms with Crippen LogP contribution in [0.3, 0.4) is 0 Å². The number of carboxylic acid groups (broad SMARTS) is 1. The Morgan fingerprint density at radius 3 is 2.37 bits per heavy atom. The van der Waals surface area contributed by atoms with Gasteiger partial charge >= 0.3 is 5.97 Å². The van der Waals surface area contributed by atoms with Crippen LogP contribution in [0, 0.1) is 0 Å². The standard InChI is InChI=1S/C16H24O3/c1-5-12-9-11(7-6-8-14(17)18)10-13(15(12)19)16(2,3)4/h9-10,19H,5-8H2,1-4H3,(H,17,18). The minimum absolute atomic E-state index is 0.114. The van der Waals surface area contributed by atoms with Crippen molar-refractivity contribution < 1.29 is 15.0 Å². The van der Waals surface area contributed by atoms with Gasteiger partial charge in [-0.15, -0.1) is 0 Å². The van der Waals surface area contributed by atoms with E-state index in [1.807, 2.05) is 19.1 Å². The summed E-state index contributed by atoms with van der Waals surface area (Å²) in [5.74, 6) is -0.373. The molecule has 3 heteroatoms. The number of aromatic hydroxyl groups is 1. The molecule has 0 fully saturated rings. The highest BCUT2D eigenvalue weighted by Crippen LogP contribution is 2.35. The normalized spacial score (nSPS) is 11.6. The average Bonchev–Trinajstić information content (AvgIpc) is 2.28. The van der Waals surface area contributed by atoms with Gasteiger partial charge in [0.1, 0.15) is 5.75 Å². The summed E-state index contributed by atoms with van der Waals surface area (Å²) in [7, 11) is 0. The number of carbonyl (C=O) groups is 1. The fraction of sp³-hybridized carbons (Fsp3) is 0.562. The minimum Gasteiger partial charge on any atom is -0.507 e. The van der Waals surface area contributed by atoms with Crippen molar-refractivity contribution in [2.24, 2.45) is 0 Å². The van der Waals surface area contributed by atoms with Crippen molar-refractivity contribution in [1.82, 2.24) is 0 Å². The van der Waals surface area contributed by atoms with E-state index < -0.39 is 5.97 Å². The number of carboxylic acids is 1. The molecule has 0 saturated heterocycles. The van der Waals surface area contributed by atoms with Gasteiger partial charge in [0, 0.05) is 6.42 Å². The quantitative estimate of drug-likeness (QED) is 0.853. The number of aryl methyl sites for hydroxylation is 2. The van der Waals surface area contributed by atoms with Gasteiger partial charge < -0.3 is 10.2 Å². The lowest BCUT2D eigenvalue weighted by molar-refractivity contribution is -0.137. The van der Waals surface area contributed by atoms with Crippen LogP contribution in [0.1, 0.15) is 57.2 Å². The summed E-state index contributed by atoms with van der Waals surface area (Å²) >= 11 is 0. The second-order valence-electron chi connectivity index (χ2n) is 6.00. The van der Waals surface area contributed by atoms with Gasteiger partial charge in [0.15, 0.2) is 0 Å². The van der Waals surface area contributed by atoms with Crippen LogP contribution in [0.4, 0.5) is 0 Å². The molecule has 0 saturated carbocycles. The summed E-state index contributed by atoms with van der Waals surface area (Å²) in [6.45, 7) is 8.23. The Hall–Kier alpha value is -1.51. The van der Waals surface area contributed by atoms with Crippen LogP contribution in [0.5, 0.6) is 5.75 Å². The summed E-state index contributed by atoms with van der Waals surface area (Å²) in [5.41, 5.74) is 2.88. The van der Waals surface area contributed by atoms with Crippen LogP contribution < -0.4 is 0 Å². The molecular weight excluding hydrogens is 240 g/mol. The number of aliphatic carboxylic acids is 1. The van der Waals surface area contributed by atoms with Crippen molar-refractivity contribution in [3.63, 3.8) is 0 Å². The average molecular weight is 264 g/mol. The van der Waals surface area contributed by atoms with E-state index in [9.17, 15) is 9.90 Å². The first-order chi connectivity index (χ1) is 8.75. The van der Waals surface area contributed by atoms with E-state index in [1.54, 1.807) is 0 Å². The molecule has 1 aromatic rings. The largest absolute Gasteiger partial charge is 0.507 e. The van der Waals surface area contributed by atoms with Crippen LogP contribution in [-0.2, 0) is 23.1 Å². The molecule has 0 bridgehead atoms. The molecule has 0 aliphatic rings. The minimum atomic E-state index is -0.759. The van der Waals surface area contributed by atoms with Crippen LogP contribution in [0.25, 0.3) is 0 Å². The van der Waals surface area contributed by atoms with Gasteiger partial charge in [-0.3, -0.25) is 4.79 Å². The molecule has 1 rings (SSSR count). The van der Waals surface area contributed by atoms with Crippen LogP contribution in [-0.4, -0.2) is 16.2 Å². The maximum absolute atomic E-state index is 10.6. The van der Waals surface area contributed by atoms with Crippen molar-refractivity contribution in [1.29, 1.82) is 0 Å². The van der Waals surface area contributed by atoms with E-state index in [2.05, 4.69) is 20.8 Å². The molecule has 1 aromatic carbocycles. The first-order valence-electron chi connectivity index (χ1n) is 6.82. The van der Waals surface area contributed by atoms with Gasteiger partial charge in [0.05, 0.1) is 0 Å². The molecule has 0 radical (unpaired) electrons. The third-order valence-corrected chi connectivity index (χ3v) is 3.29. The van der Waals surface area contributed by atoms with Gasteiger partial charge in [0.25, 0.3) is 0 Å². The Morgan fingerprint density at radius 2 is 1.89 bits per heavy atom. The Morgan fingerprint density at radius 1 is 1.26 bits per heavy atom. The lowest BCUT2D eigenvalue weighted by Gasteiger charge is -2.23. The number of rotatable bonds is 5. The molecule has 0 amide bonds. The Bertz CT molecular complexity index is 456. The van der Waals surface area contributed by atoms with E-state index in [-0.39, 0.29) is 11.8 Å². The molecule has 0 aliphatic heterocycles. The zero-order valence-electron chi connectivity index (χ0n) is 12.3. The third kappa shape index (κ3) is 4.27. The van der Waals surface area contributed by atoms with E-state index in [1.165, 1.54) is 0 Å². The van der Waals surface area contributed by atoms with Crippen molar-refractivity contribution >= 4 is 5.97 Å². The number of hydrogen-bond donors (Lipinski definition) is 2. The molecule has 106 valence electrons. The molecule has 0 aliphatic carbocycles.